The molecule has 0 fully saturated rings. The second kappa shape index (κ2) is 15.3. The molecular weight excluding hydrogens is 848 g/mol. The average molecular weight is 916 g/mol. The Labute approximate surface area is 425 Å². The summed E-state index contributed by atoms with van der Waals surface area (Å²) in [5.74, 6) is -0.680. The molecule has 13 rings (SSSR count). The SMILES string of the molecule is [2H]C([2H])([2H])c1ccc(N2c3cc(-n4c5ccc(C(C)(C)C)cc5c5cc(C(C)(C)C)ccc54)cc4c3B(c3cc(C([2H])([2H])[2H])ccc3N4C3=CCC(C([2H])([2H])[2H])C=C3)c3ccc4c(c32)c2ccccc2n4-c2ccccc2)cc1. The van der Waals surface area contributed by atoms with Crippen LogP contribution in [0.1, 0.15) is 89.4 Å². The summed E-state index contributed by atoms with van der Waals surface area (Å²) < 4.78 is 81.6. The minimum absolute atomic E-state index is 0.125. The lowest BCUT2D eigenvalue weighted by Gasteiger charge is -2.45. The van der Waals surface area contributed by atoms with Crippen molar-refractivity contribution in [3.63, 3.8) is 0 Å². The topological polar surface area (TPSA) is 16.3 Å². The Morgan fingerprint density at radius 2 is 1.14 bits per heavy atom. The van der Waals surface area contributed by atoms with Crippen LogP contribution in [0.15, 0.2) is 182 Å². The van der Waals surface area contributed by atoms with E-state index in [0.717, 1.165) is 106 Å². The molecule has 4 nitrogen and oxygen atoms in total. The molecule has 2 aliphatic heterocycles. The van der Waals surface area contributed by atoms with Gasteiger partial charge in [0, 0.05) is 68.0 Å². The van der Waals surface area contributed by atoms with E-state index in [1.165, 1.54) is 11.1 Å². The lowest BCUT2D eigenvalue weighted by molar-refractivity contribution is 0.590. The predicted octanol–water partition coefficient (Wildman–Crippen LogP) is 15.3. The van der Waals surface area contributed by atoms with Gasteiger partial charge in [0.25, 0.3) is 6.71 Å². The highest BCUT2D eigenvalue weighted by molar-refractivity contribution is 7.00. The maximum atomic E-state index is 8.80. The molecule has 342 valence electrons. The summed E-state index contributed by atoms with van der Waals surface area (Å²) in [6.45, 7) is 5.96. The van der Waals surface area contributed by atoms with Crippen molar-refractivity contribution in [2.75, 3.05) is 9.80 Å². The normalized spacial score (nSPS) is 18.0. The first-order valence-electron chi connectivity index (χ1n) is 29.0. The molecule has 0 radical (unpaired) electrons. The zero-order chi connectivity index (χ0) is 55.5. The zero-order valence-electron chi connectivity index (χ0n) is 49.4. The predicted molar refractivity (Wildman–Crippen MR) is 301 cm³/mol. The van der Waals surface area contributed by atoms with E-state index in [1.54, 1.807) is 24.3 Å². The average Bonchev–Trinajstić information content (AvgIpc) is 3.13. The van der Waals surface area contributed by atoms with E-state index in [-0.39, 0.29) is 28.4 Å². The zero-order valence-corrected chi connectivity index (χ0v) is 40.4. The largest absolute Gasteiger partial charge is 0.312 e. The van der Waals surface area contributed by atoms with Crippen molar-refractivity contribution in [3.05, 3.63) is 204 Å². The van der Waals surface area contributed by atoms with Crippen LogP contribution in [-0.4, -0.2) is 15.8 Å². The van der Waals surface area contributed by atoms with Gasteiger partial charge in [0.05, 0.1) is 33.4 Å². The van der Waals surface area contributed by atoms with Crippen molar-refractivity contribution >= 4 is 95.1 Å². The van der Waals surface area contributed by atoms with Crippen LogP contribution in [-0.2, 0) is 10.8 Å². The number of anilines is 5. The van der Waals surface area contributed by atoms with E-state index in [0.29, 0.717) is 0 Å². The van der Waals surface area contributed by atoms with Crippen molar-refractivity contribution in [1.82, 2.24) is 9.13 Å². The molecule has 2 aromatic heterocycles. The molecule has 0 bridgehead atoms. The molecule has 0 N–H and O–H groups in total. The van der Waals surface area contributed by atoms with E-state index in [4.69, 9.17) is 12.3 Å². The second-order valence-electron chi connectivity index (χ2n) is 21.5. The van der Waals surface area contributed by atoms with Crippen LogP contribution >= 0.6 is 0 Å². The van der Waals surface area contributed by atoms with E-state index >= 15 is 0 Å². The summed E-state index contributed by atoms with van der Waals surface area (Å²) in [4.78, 5) is 4.51. The van der Waals surface area contributed by atoms with Gasteiger partial charge in [-0.15, -0.1) is 0 Å². The first kappa shape index (κ1) is 33.9. The number of hydrogen-bond acceptors (Lipinski definition) is 2. The van der Waals surface area contributed by atoms with E-state index < -0.39 is 33.2 Å². The quantitative estimate of drug-likeness (QED) is 0.164. The fourth-order valence-electron chi connectivity index (χ4n) is 11.7. The third kappa shape index (κ3) is 6.36. The molecule has 0 spiro atoms. The maximum Gasteiger partial charge on any atom is 0.252 e. The molecule has 8 aromatic carbocycles. The van der Waals surface area contributed by atoms with E-state index in [1.807, 2.05) is 54.6 Å². The first-order chi connectivity index (χ1) is 37.4. The van der Waals surface area contributed by atoms with Gasteiger partial charge in [0.15, 0.2) is 0 Å². The Bertz CT molecular complexity index is 4150. The lowest BCUT2D eigenvalue weighted by Crippen LogP contribution is -2.61. The summed E-state index contributed by atoms with van der Waals surface area (Å²) in [6.07, 6.45) is 5.99. The van der Waals surface area contributed by atoms with Crippen LogP contribution in [0.4, 0.5) is 28.4 Å². The molecule has 10 aromatic rings. The number of benzene rings is 8. The molecule has 1 atom stereocenters. The molecule has 5 heteroatoms. The maximum absolute atomic E-state index is 8.80. The lowest BCUT2D eigenvalue weighted by atomic mass is 9.33. The Balaban J connectivity index is 1.21. The van der Waals surface area contributed by atoms with Gasteiger partial charge in [-0.3, -0.25) is 0 Å². The van der Waals surface area contributed by atoms with Gasteiger partial charge in [0.2, 0.25) is 0 Å². The molecule has 3 aliphatic rings. The Morgan fingerprint density at radius 3 is 1.80 bits per heavy atom. The summed E-state index contributed by atoms with van der Waals surface area (Å²) in [6, 6.07) is 54.0. The van der Waals surface area contributed by atoms with Crippen LogP contribution in [0, 0.1) is 19.6 Å². The van der Waals surface area contributed by atoms with Gasteiger partial charge in [-0.2, -0.15) is 0 Å². The fourth-order valence-corrected chi connectivity index (χ4v) is 11.7. The number of aromatic nitrogens is 2. The highest BCUT2D eigenvalue weighted by Crippen LogP contribution is 2.50. The number of rotatable bonds is 4. The summed E-state index contributed by atoms with van der Waals surface area (Å²) in [5, 5.41) is 4.26. The van der Waals surface area contributed by atoms with E-state index in [2.05, 4.69) is 158 Å². The Morgan fingerprint density at radius 1 is 0.514 bits per heavy atom. The minimum atomic E-state index is -2.43. The van der Waals surface area contributed by atoms with Crippen LogP contribution in [0.3, 0.4) is 0 Å². The van der Waals surface area contributed by atoms with E-state index in [9.17, 15) is 0 Å². The number of fused-ring (bicyclic) bond motifs is 11. The molecule has 0 amide bonds. The Hall–Kier alpha value is -7.50. The first-order valence-corrected chi connectivity index (χ1v) is 24.5. The number of hydrogen-bond donors (Lipinski definition) is 0. The second-order valence-corrected chi connectivity index (χ2v) is 21.5. The molecule has 4 heterocycles. The van der Waals surface area contributed by atoms with Crippen molar-refractivity contribution < 1.29 is 12.3 Å². The van der Waals surface area contributed by atoms with Crippen LogP contribution in [0.2, 0.25) is 0 Å². The van der Waals surface area contributed by atoms with Gasteiger partial charge < -0.3 is 18.9 Å². The number of aryl methyl sites for hydroxylation is 2. The van der Waals surface area contributed by atoms with Crippen molar-refractivity contribution in [2.45, 2.75) is 79.3 Å². The highest BCUT2D eigenvalue weighted by Gasteiger charge is 2.45. The monoisotopic (exact) mass is 916 g/mol. The van der Waals surface area contributed by atoms with Gasteiger partial charge in [-0.25, -0.2) is 0 Å². The Kier molecular flexibility index (Phi) is 7.39. The fraction of sp³-hybridized carbons (Fsp3) is 0.200. The van der Waals surface area contributed by atoms with Crippen molar-refractivity contribution in [1.29, 1.82) is 0 Å². The highest BCUT2D eigenvalue weighted by atomic mass is 15.2. The molecular formula is C65H59BN4. The smallest absolute Gasteiger partial charge is 0.252 e. The molecule has 1 aliphatic carbocycles. The minimum Gasteiger partial charge on any atom is -0.312 e. The van der Waals surface area contributed by atoms with Gasteiger partial charge >= 0.3 is 0 Å². The van der Waals surface area contributed by atoms with Gasteiger partial charge in [0.1, 0.15) is 0 Å². The third-order valence-electron chi connectivity index (χ3n) is 15.1. The molecule has 70 heavy (non-hydrogen) atoms. The van der Waals surface area contributed by atoms with Crippen molar-refractivity contribution in [3.8, 4) is 11.4 Å². The van der Waals surface area contributed by atoms with Gasteiger partial charge in [-0.05, 0) is 149 Å². The number of allylic oxidation sites excluding steroid dienone is 3. The standard InChI is InChI=1S/C65H59BN4/c1-40-19-26-46(27-20-40)68-57-31-23-42(3)35-53(57)66-52-30-34-58-61(49-17-13-14-18-54(49)67(58)45-15-11-10-12-16-45)63(52)70(47-28-21-41(2)22-29-47)60-39-48(38-59(68)62(60)66)69-55-32-24-43(64(4,5)6)36-50(55)51-37-44(65(7,8)9)25-33-56(51)69/h10-19,21-40H,20H2,1-9H3/i1D3,2D3,3D3. The third-order valence-corrected chi connectivity index (χ3v) is 15.1. The number of nitrogens with zero attached hydrogens (tertiary/aromatic N) is 4. The van der Waals surface area contributed by atoms with Crippen LogP contribution in [0.25, 0.3) is 55.0 Å². The summed E-state index contributed by atoms with van der Waals surface area (Å²) in [7, 11) is 0. The molecule has 0 saturated carbocycles. The molecule has 0 saturated heterocycles. The summed E-state index contributed by atoms with van der Waals surface area (Å²) in [5.41, 5.74) is 16.1. The van der Waals surface area contributed by atoms with Crippen LogP contribution in [0.5, 0.6) is 0 Å². The van der Waals surface area contributed by atoms with Crippen molar-refractivity contribution in [2.24, 2.45) is 5.92 Å². The molecule has 1 unspecified atom stereocenters. The number of para-hydroxylation sites is 2. The summed E-state index contributed by atoms with van der Waals surface area (Å²) >= 11 is 0. The van der Waals surface area contributed by atoms with Crippen LogP contribution < -0.4 is 26.2 Å². The van der Waals surface area contributed by atoms with Gasteiger partial charge in [-0.1, -0.05) is 151 Å².